The van der Waals surface area contributed by atoms with E-state index in [1.807, 2.05) is 0 Å². The van der Waals surface area contributed by atoms with Crippen molar-refractivity contribution in [2.45, 2.75) is 13.2 Å². The number of amides is 1. The number of primary amides is 1. The topological polar surface area (TPSA) is 78.3 Å². The molecule has 0 aliphatic rings. The van der Waals surface area contributed by atoms with Crippen LogP contribution in [0.5, 0.6) is 5.75 Å². The molecule has 0 unspecified atom stereocenters. The molecule has 0 aliphatic heterocycles. The predicted molar refractivity (Wildman–Crippen MR) is 73.6 cm³/mol. The molecule has 2 aromatic rings. The van der Waals surface area contributed by atoms with Crippen LogP contribution in [-0.2, 0) is 13.2 Å². The highest BCUT2D eigenvalue weighted by atomic mass is 19.1. The Labute approximate surface area is 116 Å². The third kappa shape index (κ3) is 3.13. The lowest BCUT2D eigenvalue weighted by atomic mass is 10.1. The molecular formula is C15H15FN2O2. The molecule has 4 N–H and O–H groups in total. The van der Waals surface area contributed by atoms with Crippen molar-refractivity contribution >= 4 is 5.91 Å². The van der Waals surface area contributed by atoms with Gasteiger partial charge in [0.05, 0.1) is 5.56 Å². The number of ether oxygens (including phenoxy) is 1. The number of halogens is 1. The van der Waals surface area contributed by atoms with Gasteiger partial charge in [-0.2, -0.15) is 0 Å². The van der Waals surface area contributed by atoms with Crippen molar-refractivity contribution in [3.8, 4) is 5.75 Å². The molecule has 4 nitrogen and oxygen atoms in total. The van der Waals surface area contributed by atoms with Gasteiger partial charge in [0.1, 0.15) is 18.2 Å². The van der Waals surface area contributed by atoms with Crippen LogP contribution in [0.3, 0.4) is 0 Å². The monoisotopic (exact) mass is 274 g/mol. The van der Waals surface area contributed by atoms with Gasteiger partial charge in [0.15, 0.2) is 0 Å². The molecule has 104 valence electrons. The summed E-state index contributed by atoms with van der Waals surface area (Å²) in [5.41, 5.74) is 12.1. The standard InChI is InChI=1S/C15H15FN2O2/c16-13-7-10(8-17)5-6-11(13)9-20-14-4-2-1-3-12(14)15(18)19/h1-7H,8-9,17H2,(H2,18,19). The molecule has 0 saturated heterocycles. The molecule has 20 heavy (non-hydrogen) atoms. The van der Waals surface area contributed by atoms with Gasteiger partial charge < -0.3 is 16.2 Å². The molecule has 0 aliphatic carbocycles. The van der Waals surface area contributed by atoms with Crippen LogP contribution in [0.2, 0.25) is 0 Å². The third-order valence-corrected chi connectivity index (χ3v) is 2.89. The fourth-order valence-corrected chi connectivity index (χ4v) is 1.79. The van der Waals surface area contributed by atoms with Crippen LogP contribution in [0.1, 0.15) is 21.5 Å². The minimum Gasteiger partial charge on any atom is -0.488 e. The van der Waals surface area contributed by atoms with E-state index in [0.29, 0.717) is 16.9 Å². The molecule has 0 radical (unpaired) electrons. The van der Waals surface area contributed by atoms with E-state index in [9.17, 15) is 9.18 Å². The lowest BCUT2D eigenvalue weighted by Crippen LogP contribution is -2.13. The molecule has 0 fully saturated rings. The zero-order valence-electron chi connectivity index (χ0n) is 10.8. The van der Waals surface area contributed by atoms with Gasteiger partial charge in [0.25, 0.3) is 5.91 Å². The van der Waals surface area contributed by atoms with E-state index >= 15 is 0 Å². The normalized spacial score (nSPS) is 10.3. The SMILES string of the molecule is NCc1ccc(COc2ccccc2C(N)=O)c(F)c1. The number of rotatable bonds is 5. The second kappa shape index (κ2) is 6.16. The van der Waals surface area contributed by atoms with Crippen molar-refractivity contribution in [1.82, 2.24) is 0 Å². The third-order valence-electron chi connectivity index (χ3n) is 2.89. The molecule has 1 amide bonds. The van der Waals surface area contributed by atoms with Gasteiger partial charge in [-0.15, -0.1) is 0 Å². The van der Waals surface area contributed by atoms with E-state index in [1.165, 1.54) is 6.07 Å². The highest BCUT2D eigenvalue weighted by molar-refractivity contribution is 5.95. The van der Waals surface area contributed by atoms with Crippen LogP contribution in [0.25, 0.3) is 0 Å². The Morgan fingerprint density at radius 1 is 1.20 bits per heavy atom. The van der Waals surface area contributed by atoms with E-state index in [0.717, 1.165) is 0 Å². The predicted octanol–water partition coefficient (Wildman–Crippen LogP) is 1.96. The maximum absolute atomic E-state index is 13.8. The lowest BCUT2D eigenvalue weighted by molar-refractivity contribution is 0.0996. The molecule has 0 spiro atoms. The first-order valence-electron chi connectivity index (χ1n) is 6.11. The van der Waals surface area contributed by atoms with Crippen molar-refractivity contribution in [2.24, 2.45) is 11.5 Å². The Morgan fingerprint density at radius 3 is 2.60 bits per heavy atom. The second-order valence-corrected chi connectivity index (χ2v) is 4.28. The maximum Gasteiger partial charge on any atom is 0.252 e. The van der Waals surface area contributed by atoms with Gasteiger partial charge in [-0.25, -0.2) is 4.39 Å². The average molecular weight is 274 g/mol. The lowest BCUT2D eigenvalue weighted by Gasteiger charge is -2.10. The Morgan fingerprint density at radius 2 is 1.95 bits per heavy atom. The van der Waals surface area contributed by atoms with Crippen LogP contribution in [0, 0.1) is 5.82 Å². The first kappa shape index (κ1) is 14.0. The van der Waals surface area contributed by atoms with Crippen molar-refractivity contribution in [3.63, 3.8) is 0 Å². The van der Waals surface area contributed by atoms with Crippen molar-refractivity contribution < 1.29 is 13.9 Å². The molecule has 0 saturated carbocycles. The molecular weight excluding hydrogens is 259 g/mol. The Bertz CT molecular complexity index is 629. The van der Waals surface area contributed by atoms with E-state index in [2.05, 4.69) is 0 Å². The summed E-state index contributed by atoms with van der Waals surface area (Å²) in [4.78, 5) is 11.2. The Hall–Kier alpha value is -2.40. The summed E-state index contributed by atoms with van der Waals surface area (Å²) in [6, 6.07) is 11.3. The Balaban J connectivity index is 2.15. The number of benzene rings is 2. The number of nitrogens with two attached hydrogens (primary N) is 2. The molecule has 0 heterocycles. The molecule has 5 heteroatoms. The van der Waals surface area contributed by atoms with Gasteiger partial charge in [-0.3, -0.25) is 4.79 Å². The number of carbonyl (C=O) groups is 1. The molecule has 2 aromatic carbocycles. The number of para-hydroxylation sites is 1. The maximum atomic E-state index is 13.8. The van der Waals surface area contributed by atoms with Gasteiger partial charge in [0, 0.05) is 12.1 Å². The molecule has 2 rings (SSSR count). The summed E-state index contributed by atoms with van der Waals surface area (Å²) >= 11 is 0. The van der Waals surface area contributed by atoms with Gasteiger partial charge >= 0.3 is 0 Å². The van der Waals surface area contributed by atoms with Crippen molar-refractivity contribution in [3.05, 3.63) is 65.0 Å². The quantitative estimate of drug-likeness (QED) is 0.874. The zero-order valence-corrected chi connectivity index (χ0v) is 10.8. The number of hydrogen-bond donors (Lipinski definition) is 2. The van der Waals surface area contributed by atoms with Crippen LogP contribution in [-0.4, -0.2) is 5.91 Å². The number of hydrogen-bond acceptors (Lipinski definition) is 3. The van der Waals surface area contributed by atoms with Crippen LogP contribution in [0.4, 0.5) is 4.39 Å². The van der Waals surface area contributed by atoms with Gasteiger partial charge in [0.2, 0.25) is 0 Å². The first-order valence-corrected chi connectivity index (χ1v) is 6.11. The summed E-state index contributed by atoms with van der Waals surface area (Å²) < 4.78 is 19.2. The van der Waals surface area contributed by atoms with Crippen LogP contribution < -0.4 is 16.2 Å². The fraction of sp³-hybridized carbons (Fsp3) is 0.133. The van der Waals surface area contributed by atoms with Crippen molar-refractivity contribution in [2.75, 3.05) is 0 Å². The van der Waals surface area contributed by atoms with E-state index in [-0.39, 0.29) is 24.5 Å². The van der Waals surface area contributed by atoms with Gasteiger partial charge in [-0.05, 0) is 23.8 Å². The van der Waals surface area contributed by atoms with Gasteiger partial charge in [-0.1, -0.05) is 24.3 Å². The molecule has 0 atom stereocenters. The highest BCUT2D eigenvalue weighted by Crippen LogP contribution is 2.20. The van der Waals surface area contributed by atoms with E-state index < -0.39 is 5.91 Å². The summed E-state index contributed by atoms with van der Waals surface area (Å²) in [6.07, 6.45) is 0. The van der Waals surface area contributed by atoms with E-state index in [4.69, 9.17) is 16.2 Å². The summed E-state index contributed by atoms with van der Waals surface area (Å²) in [6.45, 7) is 0.295. The minimum atomic E-state index is -0.584. The zero-order chi connectivity index (χ0) is 14.5. The largest absolute Gasteiger partial charge is 0.488 e. The number of carbonyl (C=O) groups excluding carboxylic acids is 1. The van der Waals surface area contributed by atoms with Crippen molar-refractivity contribution in [1.29, 1.82) is 0 Å². The smallest absolute Gasteiger partial charge is 0.252 e. The molecule has 0 bridgehead atoms. The summed E-state index contributed by atoms with van der Waals surface area (Å²) in [5, 5.41) is 0. The average Bonchev–Trinajstić information content (AvgIpc) is 2.46. The summed E-state index contributed by atoms with van der Waals surface area (Å²) in [7, 11) is 0. The molecule has 0 aromatic heterocycles. The highest BCUT2D eigenvalue weighted by Gasteiger charge is 2.10. The first-order chi connectivity index (χ1) is 9.61. The minimum absolute atomic E-state index is 0.0149. The van der Waals surface area contributed by atoms with E-state index in [1.54, 1.807) is 36.4 Å². The summed E-state index contributed by atoms with van der Waals surface area (Å²) in [5.74, 6) is -0.633. The Kier molecular flexibility index (Phi) is 4.32. The fourth-order valence-electron chi connectivity index (χ4n) is 1.79. The van der Waals surface area contributed by atoms with Crippen LogP contribution >= 0.6 is 0 Å². The second-order valence-electron chi connectivity index (χ2n) is 4.28. The van der Waals surface area contributed by atoms with Crippen LogP contribution in [0.15, 0.2) is 42.5 Å².